The monoisotopic (exact) mass is 292 g/mol. The number of carboxylic acids is 1. The molecule has 0 aliphatic carbocycles. The van der Waals surface area contributed by atoms with Gasteiger partial charge in [0.15, 0.2) is 0 Å². The van der Waals surface area contributed by atoms with Crippen LogP contribution in [0.4, 0.5) is 13.2 Å². The summed E-state index contributed by atoms with van der Waals surface area (Å²) in [6.07, 6.45) is -5.19. The number of aliphatic carboxylic acids is 1. The number of carbonyl (C=O) groups excluding carboxylic acids is 1. The van der Waals surface area contributed by atoms with Crippen LogP contribution < -0.4 is 5.11 Å². The molecule has 8 heteroatoms. The molecule has 0 aromatic rings. The zero-order valence-corrected chi connectivity index (χ0v) is 7.18. The van der Waals surface area contributed by atoms with Crippen molar-refractivity contribution in [2.75, 3.05) is 0 Å². The Morgan fingerprint density at radius 2 is 1.30 bits per heavy atom. The third-order valence-electron chi connectivity index (χ3n) is 0.231. The van der Waals surface area contributed by atoms with Crippen molar-refractivity contribution in [1.29, 1.82) is 0 Å². The molecule has 0 aliphatic heterocycles. The van der Waals surface area contributed by atoms with E-state index in [9.17, 15) is 13.2 Å². The second-order valence-corrected chi connectivity index (χ2v) is 0.785. The Morgan fingerprint density at radius 3 is 1.30 bits per heavy atom. The van der Waals surface area contributed by atoms with Gasteiger partial charge in [0.1, 0.15) is 5.97 Å². The van der Waals surface area contributed by atoms with Gasteiger partial charge in [-0.05, 0) is 0 Å². The second kappa shape index (κ2) is 7.68. The van der Waals surface area contributed by atoms with Gasteiger partial charge in [-0.2, -0.15) is 13.2 Å². The van der Waals surface area contributed by atoms with Crippen LogP contribution in [0.1, 0.15) is 0 Å². The molecule has 0 N–H and O–H groups in total. The molecule has 10 heavy (non-hydrogen) atoms. The molecular weight excluding hydrogens is 292 g/mol. The van der Waals surface area contributed by atoms with Gasteiger partial charge < -0.3 is 9.90 Å². The van der Waals surface area contributed by atoms with Gasteiger partial charge in [0.2, 0.25) is 0 Å². The van der Waals surface area contributed by atoms with Crippen molar-refractivity contribution in [3.05, 3.63) is 0 Å². The van der Waals surface area contributed by atoms with Gasteiger partial charge in [-0.1, -0.05) is 0 Å². The van der Waals surface area contributed by atoms with Crippen molar-refractivity contribution in [3.8, 4) is 0 Å². The summed E-state index contributed by atoms with van der Waals surface area (Å²) in [6.45, 7) is 0. The minimum absolute atomic E-state index is 0. The zero-order valence-electron chi connectivity index (χ0n) is 4.07. The maximum Gasteiger partial charge on any atom is 1.00 e. The normalized spacial score (nSPS) is 7.90. The molecule has 0 bridgehead atoms. The fraction of sp³-hybridized carbons (Fsp3) is 0.500. The van der Waals surface area contributed by atoms with Crippen molar-refractivity contribution >= 4 is 30.8 Å². The minimum atomic E-state index is -5.19. The van der Waals surface area contributed by atoms with E-state index in [1.54, 1.807) is 0 Å². The first-order chi connectivity index (χ1) is 2.94. The molecule has 2 nitrogen and oxygen atoms in total. The molecule has 0 saturated carbocycles. The van der Waals surface area contributed by atoms with Crippen LogP contribution in [-0.2, 0) is 27.2 Å². The molecule has 0 saturated heterocycles. The Balaban J connectivity index is -0.0000000600. The molecule has 0 spiro atoms. The Labute approximate surface area is 82.5 Å². The average molecular weight is 294 g/mol. The molecule has 0 aliphatic rings. The third-order valence-corrected chi connectivity index (χ3v) is 0.231. The van der Waals surface area contributed by atoms with Gasteiger partial charge in [-0.25, -0.2) is 0 Å². The first-order valence-electron chi connectivity index (χ1n) is 1.23. The first kappa shape index (κ1) is 22.4. The van der Waals surface area contributed by atoms with Gasteiger partial charge in [-0.3, -0.25) is 0 Å². The van der Waals surface area contributed by atoms with Crippen molar-refractivity contribution in [2.45, 2.75) is 6.18 Å². The molecule has 0 heterocycles. The van der Waals surface area contributed by atoms with Crippen molar-refractivity contribution in [1.82, 2.24) is 0 Å². The van der Waals surface area contributed by atoms with Crippen molar-refractivity contribution in [3.63, 3.8) is 0 Å². The van der Waals surface area contributed by atoms with Crippen molar-refractivity contribution in [2.24, 2.45) is 0 Å². The molecule has 68 valence electrons. The first-order valence-corrected chi connectivity index (χ1v) is 1.23. The van der Waals surface area contributed by atoms with Crippen molar-refractivity contribution < 1.29 is 45.5 Å². The summed E-state index contributed by atoms with van der Waals surface area (Å²) in [5, 5.41) is 8.78. The summed E-state index contributed by atoms with van der Waals surface area (Å²) in [5.74, 6) is -3.01. The molecule has 0 radical (unpaired) electrons. The Kier molecular flexibility index (Phi) is 17.2. The Bertz CT molecular complexity index is 95.0. The summed E-state index contributed by atoms with van der Waals surface area (Å²) >= 11 is 0. The average Bonchev–Trinajstić information content (AvgIpc) is 1.31. The number of halogens is 5. The summed E-state index contributed by atoms with van der Waals surface area (Å²) in [6, 6.07) is 0. The number of hydrogen-bond donors (Lipinski definition) is 0. The van der Waals surface area contributed by atoms with Crippen LogP contribution >= 0.6 is 24.8 Å². The number of hydrogen-bond acceptors (Lipinski definition) is 2. The molecule has 0 unspecified atom stereocenters. The zero-order chi connectivity index (χ0) is 6.08. The van der Waals surface area contributed by atoms with Gasteiger partial charge in [-0.15, -0.1) is 24.8 Å². The smallest absolute Gasteiger partial charge is 0.542 e. The van der Waals surface area contributed by atoms with Crippen LogP contribution in [-0.4, -0.2) is 12.1 Å². The second-order valence-electron chi connectivity index (χ2n) is 0.785. The molecule has 0 atom stereocenters. The van der Waals surface area contributed by atoms with Gasteiger partial charge in [0, 0.05) is 0 Å². The fourth-order valence-electron chi connectivity index (χ4n) is 0. The van der Waals surface area contributed by atoms with Crippen LogP contribution in [0.5, 0.6) is 0 Å². The fourth-order valence-corrected chi connectivity index (χ4v) is 0. The molecule has 0 amide bonds. The van der Waals surface area contributed by atoms with E-state index in [2.05, 4.69) is 0 Å². The Hall–Kier alpha value is 0.580. The quantitative estimate of drug-likeness (QED) is 0.596. The van der Waals surface area contributed by atoms with Crippen LogP contribution in [0.2, 0.25) is 0 Å². The maximum absolute atomic E-state index is 10.5. The molecule has 0 aromatic carbocycles. The summed E-state index contributed by atoms with van der Waals surface area (Å²) < 4.78 is 31.5. The van der Waals surface area contributed by atoms with E-state index in [-0.39, 0.29) is 47.2 Å². The molecule has 0 aromatic heterocycles. The predicted octanol–water partition coefficient (Wildman–Crippen LogP) is 0.140. The Morgan fingerprint density at radius 1 is 1.20 bits per heavy atom. The molecule has 0 rings (SSSR count). The molecule has 0 fully saturated rings. The van der Waals surface area contributed by atoms with E-state index in [0.717, 1.165) is 0 Å². The number of rotatable bonds is 0. The van der Waals surface area contributed by atoms with Crippen LogP contribution in [0.25, 0.3) is 0 Å². The SMILES string of the molecule is Cl.Cl.O=C([O-])C(F)(F)F.[Ag+]. The van der Waals surface area contributed by atoms with Gasteiger partial charge in [0.25, 0.3) is 0 Å². The third kappa shape index (κ3) is 11.4. The maximum atomic E-state index is 10.5. The molecular formula is C2H2AgCl2F3O2. The number of carbonyl (C=O) groups is 1. The van der Waals surface area contributed by atoms with Gasteiger partial charge in [0.05, 0.1) is 0 Å². The topological polar surface area (TPSA) is 40.1 Å². The summed E-state index contributed by atoms with van der Waals surface area (Å²) in [7, 11) is 0. The van der Waals surface area contributed by atoms with Crippen LogP contribution in [0.15, 0.2) is 0 Å². The number of carboxylic acid groups (broad SMARTS) is 1. The standard InChI is InChI=1S/C2HF3O2.Ag.2ClH/c3-2(4,5)1(6)7;;;/h(H,6,7);;2*1H/q;+1;;/p-1. The van der Waals surface area contributed by atoms with E-state index in [1.807, 2.05) is 0 Å². The van der Waals surface area contributed by atoms with Crippen LogP contribution in [0.3, 0.4) is 0 Å². The summed E-state index contributed by atoms with van der Waals surface area (Å²) in [4.78, 5) is 8.78. The van der Waals surface area contributed by atoms with E-state index >= 15 is 0 Å². The minimum Gasteiger partial charge on any atom is -0.542 e. The predicted molar refractivity (Wildman–Crippen MR) is 25.6 cm³/mol. The van der Waals surface area contributed by atoms with E-state index in [0.29, 0.717) is 0 Å². The number of alkyl halides is 3. The summed E-state index contributed by atoms with van der Waals surface area (Å²) in [5.41, 5.74) is 0. The van der Waals surface area contributed by atoms with Gasteiger partial charge >= 0.3 is 28.6 Å². The van der Waals surface area contributed by atoms with Crippen LogP contribution in [0, 0.1) is 0 Å². The van der Waals surface area contributed by atoms with E-state index in [4.69, 9.17) is 9.90 Å². The van der Waals surface area contributed by atoms with E-state index < -0.39 is 12.1 Å². The van der Waals surface area contributed by atoms with E-state index in [1.165, 1.54) is 0 Å². The largest absolute Gasteiger partial charge is 1.00 e.